The van der Waals surface area contributed by atoms with Crippen molar-refractivity contribution < 1.29 is 23.8 Å². The van der Waals surface area contributed by atoms with E-state index < -0.39 is 11.8 Å². The number of ether oxygens (including phenoxy) is 3. The van der Waals surface area contributed by atoms with E-state index in [0.717, 1.165) is 0 Å². The van der Waals surface area contributed by atoms with Crippen molar-refractivity contribution in [1.29, 1.82) is 0 Å². The van der Waals surface area contributed by atoms with Crippen LogP contribution in [0.15, 0.2) is 17.7 Å². The minimum Gasteiger partial charge on any atom is -0.493 e. The van der Waals surface area contributed by atoms with Gasteiger partial charge in [0.05, 0.1) is 6.61 Å². The van der Waals surface area contributed by atoms with Gasteiger partial charge in [-0.3, -0.25) is 19.4 Å². The molecule has 7 nitrogen and oxygen atoms in total. The quantitative estimate of drug-likeness (QED) is 0.446. The van der Waals surface area contributed by atoms with Crippen LogP contribution in [0.3, 0.4) is 0 Å². The molecule has 2 amide bonds. The van der Waals surface area contributed by atoms with Crippen LogP contribution in [0.2, 0.25) is 0 Å². The first kappa shape index (κ1) is 18.2. The van der Waals surface area contributed by atoms with Gasteiger partial charge in [0.2, 0.25) is 6.79 Å². The Morgan fingerprint density at radius 1 is 1.08 bits per heavy atom. The maximum atomic E-state index is 12.8. The van der Waals surface area contributed by atoms with Crippen molar-refractivity contribution in [3.05, 3.63) is 23.3 Å². The average Bonchev–Trinajstić information content (AvgIpc) is 3.07. The van der Waals surface area contributed by atoms with Gasteiger partial charge in [0.25, 0.3) is 11.8 Å². The molecule has 1 aromatic rings. The van der Waals surface area contributed by atoms with Crippen molar-refractivity contribution >= 4 is 35.2 Å². The maximum Gasteiger partial charge on any atom is 0.265 e. The molecule has 1 saturated heterocycles. The molecule has 8 heteroatoms. The number of amides is 2. The van der Waals surface area contributed by atoms with Gasteiger partial charge in [-0.15, -0.1) is 0 Å². The van der Waals surface area contributed by atoms with Gasteiger partial charge < -0.3 is 14.2 Å². The number of benzene rings is 1. The highest BCUT2D eigenvalue weighted by atomic mass is 32.1. The van der Waals surface area contributed by atoms with Crippen LogP contribution in [0.25, 0.3) is 6.08 Å². The lowest BCUT2D eigenvalue weighted by Crippen LogP contribution is -2.55. The second kappa shape index (κ2) is 7.33. The fraction of sp³-hybridized carbons (Fsp3) is 0.389. The first-order valence-electron chi connectivity index (χ1n) is 8.47. The van der Waals surface area contributed by atoms with Gasteiger partial charge in [-0.25, -0.2) is 0 Å². The number of likely N-dealkylation sites (N-methyl/N-ethyl adjacent to an activating group) is 2. The number of hydrogen-bond donors (Lipinski definition) is 0. The molecule has 26 heavy (non-hydrogen) atoms. The Kier molecular flexibility index (Phi) is 5.13. The molecular formula is C18H20N2O5S. The van der Waals surface area contributed by atoms with Crippen LogP contribution in [-0.4, -0.2) is 53.2 Å². The highest BCUT2D eigenvalue weighted by Gasteiger charge is 2.38. The second-order valence-corrected chi connectivity index (χ2v) is 5.98. The second-order valence-electron chi connectivity index (χ2n) is 5.62. The molecule has 0 atom stereocenters. The molecule has 0 radical (unpaired) electrons. The van der Waals surface area contributed by atoms with Gasteiger partial charge in [-0.2, -0.15) is 0 Å². The Hall–Kier alpha value is -2.61. The lowest BCUT2D eigenvalue weighted by atomic mass is 10.0. The van der Waals surface area contributed by atoms with E-state index in [4.69, 9.17) is 26.4 Å². The SMILES string of the molecule is CCOc1cc2c(cc1C=C1C(=O)N(CC)C(=S)N(CC)C1=O)OCO2. The molecule has 1 aromatic carbocycles. The largest absolute Gasteiger partial charge is 0.493 e. The van der Waals surface area contributed by atoms with Crippen LogP contribution >= 0.6 is 12.2 Å². The molecule has 0 saturated carbocycles. The van der Waals surface area contributed by atoms with E-state index in [0.29, 0.717) is 42.5 Å². The highest BCUT2D eigenvalue weighted by molar-refractivity contribution is 7.80. The van der Waals surface area contributed by atoms with Crippen LogP contribution in [0, 0.1) is 0 Å². The fourth-order valence-electron chi connectivity index (χ4n) is 2.87. The number of fused-ring (bicyclic) bond motifs is 1. The molecule has 2 aliphatic heterocycles. The van der Waals surface area contributed by atoms with E-state index in [-0.39, 0.29) is 17.5 Å². The summed E-state index contributed by atoms with van der Waals surface area (Å²) in [5.74, 6) is 0.818. The molecule has 1 fully saturated rings. The molecule has 0 aliphatic carbocycles. The Morgan fingerprint density at radius 3 is 2.19 bits per heavy atom. The number of carbonyl (C=O) groups is 2. The summed E-state index contributed by atoms with van der Waals surface area (Å²) in [4.78, 5) is 28.4. The van der Waals surface area contributed by atoms with E-state index in [9.17, 15) is 9.59 Å². The lowest BCUT2D eigenvalue weighted by Gasteiger charge is -2.35. The number of nitrogens with zero attached hydrogens (tertiary/aromatic N) is 2. The van der Waals surface area contributed by atoms with Crippen molar-refractivity contribution in [3.63, 3.8) is 0 Å². The minimum atomic E-state index is -0.410. The third-order valence-corrected chi connectivity index (χ3v) is 4.59. The summed E-state index contributed by atoms with van der Waals surface area (Å²) < 4.78 is 16.4. The van der Waals surface area contributed by atoms with Crippen molar-refractivity contribution in [2.75, 3.05) is 26.5 Å². The Morgan fingerprint density at radius 2 is 1.65 bits per heavy atom. The molecule has 0 spiro atoms. The van der Waals surface area contributed by atoms with E-state index in [2.05, 4.69) is 0 Å². The summed E-state index contributed by atoms with van der Waals surface area (Å²) in [6.45, 7) is 6.82. The van der Waals surface area contributed by atoms with Crippen LogP contribution in [-0.2, 0) is 9.59 Å². The van der Waals surface area contributed by atoms with Gasteiger partial charge in [-0.05, 0) is 45.1 Å². The smallest absolute Gasteiger partial charge is 0.265 e. The Labute approximate surface area is 157 Å². The van der Waals surface area contributed by atoms with Crippen LogP contribution in [0.1, 0.15) is 26.3 Å². The molecular weight excluding hydrogens is 356 g/mol. The van der Waals surface area contributed by atoms with E-state index in [1.807, 2.05) is 20.8 Å². The van der Waals surface area contributed by atoms with E-state index in [1.165, 1.54) is 15.9 Å². The van der Waals surface area contributed by atoms with E-state index >= 15 is 0 Å². The van der Waals surface area contributed by atoms with Gasteiger partial charge in [0.15, 0.2) is 16.6 Å². The normalized spacial score (nSPS) is 16.4. The maximum absolute atomic E-state index is 12.8. The summed E-state index contributed by atoms with van der Waals surface area (Å²) >= 11 is 5.27. The number of carbonyl (C=O) groups excluding carboxylic acids is 2. The number of rotatable bonds is 5. The van der Waals surface area contributed by atoms with Crippen LogP contribution in [0.5, 0.6) is 17.2 Å². The third-order valence-electron chi connectivity index (χ3n) is 4.15. The van der Waals surface area contributed by atoms with Crippen molar-refractivity contribution in [3.8, 4) is 17.2 Å². The van der Waals surface area contributed by atoms with Gasteiger partial charge in [0.1, 0.15) is 11.3 Å². The Bertz CT molecular complexity index is 777. The van der Waals surface area contributed by atoms with Crippen molar-refractivity contribution in [1.82, 2.24) is 9.80 Å². The standard InChI is InChI=1S/C18H20N2O5S/c1-4-19-16(21)12(17(22)20(5-2)18(19)26)7-11-8-14-15(25-10-24-14)9-13(11)23-6-3/h7-9H,4-6,10H2,1-3H3. The zero-order valence-corrected chi connectivity index (χ0v) is 15.7. The zero-order chi connectivity index (χ0) is 18.8. The van der Waals surface area contributed by atoms with Gasteiger partial charge >= 0.3 is 0 Å². The minimum absolute atomic E-state index is 0.0436. The van der Waals surface area contributed by atoms with Gasteiger partial charge in [0, 0.05) is 24.7 Å². The topological polar surface area (TPSA) is 68.3 Å². The fourth-order valence-corrected chi connectivity index (χ4v) is 3.29. The monoisotopic (exact) mass is 376 g/mol. The molecule has 0 unspecified atom stereocenters. The summed E-state index contributed by atoms with van der Waals surface area (Å²) in [5.41, 5.74) is 0.620. The van der Waals surface area contributed by atoms with E-state index in [1.54, 1.807) is 12.1 Å². The average molecular weight is 376 g/mol. The molecule has 0 N–H and O–H groups in total. The zero-order valence-electron chi connectivity index (χ0n) is 14.9. The summed E-state index contributed by atoms with van der Waals surface area (Å²) in [6, 6.07) is 3.41. The summed E-state index contributed by atoms with van der Waals surface area (Å²) in [6.07, 6.45) is 1.53. The van der Waals surface area contributed by atoms with Crippen LogP contribution in [0.4, 0.5) is 0 Å². The Balaban J connectivity index is 2.09. The molecule has 0 aromatic heterocycles. The molecule has 2 heterocycles. The molecule has 3 rings (SSSR count). The number of thiocarbonyl (C=S) groups is 1. The predicted octanol–water partition coefficient (Wildman–Crippen LogP) is 2.19. The first-order chi connectivity index (χ1) is 12.5. The van der Waals surface area contributed by atoms with Gasteiger partial charge in [-0.1, -0.05) is 0 Å². The highest BCUT2D eigenvalue weighted by Crippen LogP contribution is 2.39. The van der Waals surface area contributed by atoms with Crippen molar-refractivity contribution in [2.45, 2.75) is 20.8 Å². The predicted molar refractivity (Wildman–Crippen MR) is 99.1 cm³/mol. The van der Waals surface area contributed by atoms with Crippen LogP contribution < -0.4 is 14.2 Å². The molecule has 2 aliphatic rings. The number of hydrogen-bond acceptors (Lipinski definition) is 6. The molecule has 138 valence electrons. The first-order valence-corrected chi connectivity index (χ1v) is 8.88. The summed E-state index contributed by atoms with van der Waals surface area (Å²) in [7, 11) is 0. The third kappa shape index (κ3) is 3.01. The lowest BCUT2D eigenvalue weighted by molar-refractivity contribution is -0.133. The van der Waals surface area contributed by atoms with Crippen molar-refractivity contribution in [2.24, 2.45) is 0 Å². The molecule has 0 bridgehead atoms. The summed E-state index contributed by atoms with van der Waals surface area (Å²) in [5, 5.41) is 0.234.